The van der Waals surface area contributed by atoms with Crippen LogP contribution < -0.4 is 9.80 Å². The van der Waals surface area contributed by atoms with Crippen LogP contribution in [0.4, 0.5) is 34.1 Å². The van der Waals surface area contributed by atoms with Gasteiger partial charge in [-0.25, -0.2) is 0 Å². The molecule has 36 heavy (non-hydrogen) atoms. The van der Waals surface area contributed by atoms with Crippen LogP contribution in [0.2, 0.25) is 0 Å². The van der Waals surface area contributed by atoms with Crippen LogP contribution in [0.25, 0.3) is 0 Å². The lowest BCUT2D eigenvalue weighted by atomic mass is 10.1. The molecule has 0 aliphatic heterocycles. The van der Waals surface area contributed by atoms with Crippen LogP contribution in [-0.4, -0.2) is 0 Å². The number of nitrogens with zero attached hydrogens (tertiary/aromatic N) is 2. The lowest BCUT2D eigenvalue weighted by Gasteiger charge is -2.28. The topological polar surface area (TPSA) is 6.48 Å². The Morgan fingerprint density at radius 1 is 0.389 bits per heavy atom. The van der Waals surface area contributed by atoms with Gasteiger partial charge in [0.05, 0.1) is 0 Å². The Hall–Kier alpha value is -3.34. The van der Waals surface area contributed by atoms with E-state index in [-0.39, 0.29) is 0 Å². The monoisotopic (exact) mass is 596 g/mol. The number of halogens is 2. The van der Waals surface area contributed by atoms with Crippen LogP contribution >= 0.6 is 31.9 Å². The number of benzene rings is 5. The smallest absolute Gasteiger partial charge is 0.0464 e. The molecule has 0 saturated heterocycles. The molecule has 0 aliphatic rings. The molecule has 0 radical (unpaired) electrons. The molecule has 0 atom stereocenters. The molecule has 0 fully saturated rings. The van der Waals surface area contributed by atoms with Crippen molar-refractivity contribution in [3.63, 3.8) is 0 Å². The molecular formula is C32H26Br2N2. The number of aryl methyl sites for hydroxylation is 2. The molecule has 0 saturated carbocycles. The van der Waals surface area contributed by atoms with Gasteiger partial charge in [0.2, 0.25) is 0 Å². The van der Waals surface area contributed by atoms with Crippen LogP contribution in [-0.2, 0) is 0 Å². The van der Waals surface area contributed by atoms with Crippen molar-refractivity contribution < 1.29 is 0 Å². The summed E-state index contributed by atoms with van der Waals surface area (Å²) in [6.07, 6.45) is 0. The summed E-state index contributed by atoms with van der Waals surface area (Å²) < 4.78 is 2.13. The highest BCUT2D eigenvalue weighted by atomic mass is 79.9. The van der Waals surface area contributed by atoms with E-state index in [0.717, 1.165) is 43.1 Å². The molecule has 5 aromatic carbocycles. The van der Waals surface area contributed by atoms with E-state index in [2.05, 4.69) is 177 Å². The number of rotatable bonds is 6. The molecule has 0 amide bonds. The Kier molecular flexibility index (Phi) is 7.26. The maximum atomic E-state index is 3.57. The lowest BCUT2D eigenvalue weighted by molar-refractivity contribution is 1.24. The molecule has 178 valence electrons. The predicted molar refractivity (Wildman–Crippen MR) is 161 cm³/mol. The van der Waals surface area contributed by atoms with E-state index in [1.807, 2.05) is 0 Å². The average molecular weight is 598 g/mol. The minimum absolute atomic E-state index is 1.06. The zero-order valence-electron chi connectivity index (χ0n) is 20.2. The van der Waals surface area contributed by atoms with Crippen molar-refractivity contribution in [1.29, 1.82) is 0 Å². The Morgan fingerprint density at radius 3 is 1.00 bits per heavy atom. The van der Waals surface area contributed by atoms with E-state index in [9.17, 15) is 0 Å². The third kappa shape index (κ3) is 5.40. The Balaban J connectivity index is 1.59. The summed E-state index contributed by atoms with van der Waals surface area (Å²) in [5, 5.41) is 0. The van der Waals surface area contributed by atoms with Crippen molar-refractivity contribution in [2.24, 2.45) is 0 Å². The maximum Gasteiger partial charge on any atom is 0.0464 e. The number of hydrogen-bond donors (Lipinski definition) is 0. The molecular weight excluding hydrogens is 572 g/mol. The van der Waals surface area contributed by atoms with E-state index in [1.54, 1.807) is 0 Å². The largest absolute Gasteiger partial charge is 0.310 e. The molecule has 0 unspecified atom stereocenters. The first-order valence-electron chi connectivity index (χ1n) is 11.8. The first-order chi connectivity index (χ1) is 17.5. The quantitative estimate of drug-likeness (QED) is 0.192. The van der Waals surface area contributed by atoms with Crippen LogP contribution in [0.3, 0.4) is 0 Å². The highest BCUT2D eigenvalue weighted by molar-refractivity contribution is 9.10. The number of anilines is 6. The average Bonchev–Trinajstić information content (AvgIpc) is 2.88. The minimum Gasteiger partial charge on any atom is -0.310 e. The van der Waals surface area contributed by atoms with E-state index in [0.29, 0.717) is 0 Å². The van der Waals surface area contributed by atoms with Crippen molar-refractivity contribution in [2.45, 2.75) is 13.8 Å². The van der Waals surface area contributed by atoms with Gasteiger partial charge in [-0.3, -0.25) is 0 Å². The van der Waals surface area contributed by atoms with Gasteiger partial charge < -0.3 is 9.80 Å². The normalized spacial score (nSPS) is 10.8. The highest BCUT2D eigenvalue weighted by Gasteiger charge is 2.16. The van der Waals surface area contributed by atoms with Gasteiger partial charge >= 0.3 is 0 Å². The van der Waals surface area contributed by atoms with Gasteiger partial charge in [0.15, 0.2) is 0 Å². The second kappa shape index (κ2) is 10.7. The van der Waals surface area contributed by atoms with E-state index in [1.165, 1.54) is 11.1 Å². The van der Waals surface area contributed by atoms with Gasteiger partial charge in [0.25, 0.3) is 0 Å². The van der Waals surface area contributed by atoms with Crippen LogP contribution in [0.5, 0.6) is 0 Å². The molecule has 0 bridgehead atoms. The Bertz CT molecular complexity index is 1350. The molecule has 2 nitrogen and oxygen atoms in total. The fourth-order valence-electron chi connectivity index (χ4n) is 4.36. The van der Waals surface area contributed by atoms with Crippen molar-refractivity contribution in [3.8, 4) is 0 Å². The highest BCUT2D eigenvalue weighted by Crippen LogP contribution is 2.39. The first kappa shape index (κ1) is 24.4. The molecule has 0 spiro atoms. The molecule has 0 N–H and O–H groups in total. The summed E-state index contributed by atoms with van der Waals surface area (Å²) in [5.41, 5.74) is 9.15. The first-order valence-corrected chi connectivity index (χ1v) is 13.4. The second-order valence-electron chi connectivity index (χ2n) is 8.82. The van der Waals surface area contributed by atoms with E-state index in [4.69, 9.17) is 0 Å². The molecule has 0 aliphatic carbocycles. The van der Waals surface area contributed by atoms with Crippen molar-refractivity contribution in [3.05, 3.63) is 141 Å². The Morgan fingerprint density at radius 2 is 0.694 bits per heavy atom. The second-order valence-corrected chi connectivity index (χ2v) is 10.6. The third-order valence-corrected chi connectivity index (χ3v) is 7.11. The molecule has 0 heterocycles. The standard InChI is InChI=1S/C32H26Br2N2/c1-23-5-3-7-31(21-23)35(27-13-9-25(33)10-14-27)29-17-19-30(20-18-29)36(28-15-11-26(34)12-16-28)32-8-4-6-24(2)22-32/h3-22H,1-2H3. The van der Waals surface area contributed by atoms with Gasteiger partial charge in [-0.1, -0.05) is 56.1 Å². The maximum absolute atomic E-state index is 3.57. The van der Waals surface area contributed by atoms with Crippen molar-refractivity contribution in [2.75, 3.05) is 9.80 Å². The minimum atomic E-state index is 1.06. The van der Waals surface area contributed by atoms with Gasteiger partial charge in [-0.15, -0.1) is 0 Å². The summed E-state index contributed by atoms with van der Waals surface area (Å²) in [6.45, 7) is 4.26. The van der Waals surface area contributed by atoms with E-state index >= 15 is 0 Å². The third-order valence-electron chi connectivity index (χ3n) is 6.06. The molecule has 4 heteroatoms. The van der Waals surface area contributed by atoms with E-state index < -0.39 is 0 Å². The molecule has 0 aromatic heterocycles. The summed E-state index contributed by atoms with van der Waals surface area (Å²) in [6, 6.07) is 42.9. The van der Waals surface area contributed by atoms with Gasteiger partial charge in [-0.2, -0.15) is 0 Å². The molecule has 5 aromatic rings. The van der Waals surface area contributed by atoms with Crippen LogP contribution in [0.15, 0.2) is 130 Å². The van der Waals surface area contributed by atoms with Crippen LogP contribution in [0, 0.1) is 13.8 Å². The zero-order valence-corrected chi connectivity index (χ0v) is 23.4. The van der Waals surface area contributed by atoms with Crippen LogP contribution in [0.1, 0.15) is 11.1 Å². The van der Waals surface area contributed by atoms with Crippen molar-refractivity contribution in [1.82, 2.24) is 0 Å². The zero-order chi connectivity index (χ0) is 25.1. The fourth-order valence-corrected chi connectivity index (χ4v) is 4.89. The van der Waals surface area contributed by atoms with Gasteiger partial charge in [-0.05, 0) is 122 Å². The lowest BCUT2D eigenvalue weighted by Crippen LogP contribution is -2.12. The molecule has 5 rings (SSSR count). The summed E-state index contributed by atoms with van der Waals surface area (Å²) >= 11 is 7.14. The number of hydrogen-bond acceptors (Lipinski definition) is 2. The fraction of sp³-hybridized carbons (Fsp3) is 0.0625. The summed E-state index contributed by atoms with van der Waals surface area (Å²) in [4.78, 5) is 4.58. The predicted octanol–water partition coefficient (Wildman–Crippen LogP) is 10.8. The Labute approximate surface area is 230 Å². The summed E-state index contributed by atoms with van der Waals surface area (Å²) in [5.74, 6) is 0. The van der Waals surface area contributed by atoms with Gasteiger partial charge in [0, 0.05) is 43.1 Å². The summed E-state index contributed by atoms with van der Waals surface area (Å²) in [7, 11) is 0. The SMILES string of the molecule is Cc1cccc(N(c2ccc(Br)cc2)c2ccc(N(c3ccc(Br)cc3)c3cccc(C)c3)cc2)c1. The van der Waals surface area contributed by atoms with Crippen molar-refractivity contribution >= 4 is 66.0 Å². The van der Waals surface area contributed by atoms with Gasteiger partial charge in [0.1, 0.15) is 0 Å².